The van der Waals surface area contributed by atoms with E-state index in [1.165, 1.54) is 12.1 Å². The number of carboxylic acid groups (broad SMARTS) is 1. The summed E-state index contributed by atoms with van der Waals surface area (Å²) in [6, 6.07) is 3.99. The van der Waals surface area contributed by atoms with E-state index in [0.717, 1.165) is 25.5 Å². The third kappa shape index (κ3) is 2.26. The number of carbonyl (C=O) groups is 1. The highest BCUT2D eigenvalue weighted by Gasteiger charge is 2.23. The molecule has 1 unspecified atom stereocenters. The van der Waals surface area contributed by atoms with Crippen molar-refractivity contribution in [3.8, 4) is 0 Å². The normalized spacial score (nSPS) is 19.2. The Kier molecular flexibility index (Phi) is 3.06. The lowest BCUT2D eigenvalue weighted by Gasteiger charge is -2.13. The van der Waals surface area contributed by atoms with Crippen LogP contribution in [-0.2, 0) is 0 Å². The van der Waals surface area contributed by atoms with E-state index in [9.17, 15) is 14.9 Å². The quantitative estimate of drug-likeness (QED) is 0.615. The zero-order chi connectivity index (χ0) is 12.4. The second kappa shape index (κ2) is 4.50. The maximum atomic E-state index is 11.1. The molecule has 0 saturated carbocycles. The Morgan fingerprint density at radius 3 is 2.82 bits per heavy atom. The first-order valence-corrected chi connectivity index (χ1v) is 5.34. The third-order valence-corrected chi connectivity index (χ3v) is 2.91. The molecular weight excluding hydrogens is 224 g/mol. The Morgan fingerprint density at radius 2 is 2.29 bits per heavy atom. The molecule has 0 amide bonds. The van der Waals surface area contributed by atoms with Crippen molar-refractivity contribution in [2.45, 2.75) is 18.9 Å². The number of carboxylic acids is 1. The maximum Gasteiger partial charge on any atom is 0.336 e. The Hall–Kier alpha value is -1.95. The molecule has 1 fully saturated rings. The largest absolute Gasteiger partial charge is 0.478 e. The second-order valence-corrected chi connectivity index (χ2v) is 3.98. The molecule has 1 aliphatic heterocycles. The Labute approximate surface area is 97.4 Å². The third-order valence-electron chi connectivity index (χ3n) is 2.91. The molecule has 1 aromatic rings. The van der Waals surface area contributed by atoms with Crippen LogP contribution in [0.2, 0.25) is 0 Å². The van der Waals surface area contributed by atoms with Gasteiger partial charge >= 0.3 is 5.97 Å². The van der Waals surface area contributed by atoms with Gasteiger partial charge in [0.15, 0.2) is 0 Å². The molecule has 1 atom stereocenters. The van der Waals surface area contributed by atoms with Crippen LogP contribution in [0.3, 0.4) is 0 Å². The number of nitro benzene ring substituents is 1. The summed E-state index contributed by atoms with van der Waals surface area (Å²) in [5.74, 6) is -1.13. The average Bonchev–Trinajstić information content (AvgIpc) is 2.81. The van der Waals surface area contributed by atoms with Gasteiger partial charge in [0.05, 0.1) is 10.5 Å². The number of nitrogens with zero attached hydrogens (tertiary/aromatic N) is 1. The van der Waals surface area contributed by atoms with Crippen LogP contribution in [0.5, 0.6) is 0 Å². The van der Waals surface area contributed by atoms with Gasteiger partial charge < -0.3 is 10.4 Å². The van der Waals surface area contributed by atoms with Crippen LogP contribution < -0.4 is 5.32 Å². The fourth-order valence-corrected chi connectivity index (χ4v) is 2.10. The van der Waals surface area contributed by atoms with E-state index >= 15 is 0 Å². The number of rotatable bonds is 3. The van der Waals surface area contributed by atoms with Gasteiger partial charge in [-0.05, 0) is 31.0 Å². The minimum atomic E-state index is -1.13. The molecule has 1 heterocycles. The lowest BCUT2D eigenvalue weighted by Crippen LogP contribution is -2.16. The van der Waals surface area contributed by atoms with Crippen LogP contribution >= 0.6 is 0 Å². The second-order valence-electron chi connectivity index (χ2n) is 3.98. The van der Waals surface area contributed by atoms with Crippen LogP contribution in [-0.4, -0.2) is 22.5 Å². The molecule has 1 aliphatic rings. The topological polar surface area (TPSA) is 92.5 Å². The van der Waals surface area contributed by atoms with E-state index in [2.05, 4.69) is 5.32 Å². The molecule has 0 aromatic heterocycles. The first-order valence-electron chi connectivity index (χ1n) is 5.34. The predicted octanol–water partition coefficient (Wildman–Crippen LogP) is 1.72. The molecule has 17 heavy (non-hydrogen) atoms. The lowest BCUT2D eigenvalue weighted by atomic mass is 9.98. The van der Waals surface area contributed by atoms with Gasteiger partial charge in [0.2, 0.25) is 0 Å². The van der Waals surface area contributed by atoms with Crippen molar-refractivity contribution in [2.24, 2.45) is 0 Å². The molecular formula is C11H12N2O4. The zero-order valence-corrected chi connectivity index (χ0v) is 9.05. The first-order chi connectivity index (χ1) is 8.09. The minimum Gasteiger partial charge on any atom is -0.478 e. The molecule has 6 nitrogen and oxygen atoms in total. The Balaban J connectivity index is 2.44. The van der Waals surface area contributed by atoms with Crippen molar-refractivity contribution in [3.63, 3.8) is 0 Å². The van der Waals surface area contributed by atoms with Crippen molar-refractivity contribution in [3.05, 3.63) is 39.4 Å². The van der Waals surface area contributed by atoms with Gasteiger partial charge in [0, 0.05) is 18.2 Å². The molecule has 2 rings (SSSR count). The highest BCUT2D eigenvalue weighted by Crippen LogP contribution is 2.28. The van der Waals surface area contributed by atoms with Gasteiger partial charge in [-0.3, -0.25) is 10.1 Å². The summed E-state index contributed by atoms with van der Waals surface area (Å²) in [7, 11) is 0. The number of nitrogens with one attached hydrogen (secondary N) is 1. The van der Waals surface area contributed by atoms with Crippen LogP contribution in [0.15, 0.2) is 18.2 Å². The van der Waals surface area contributed by atoms with Gasteiger partial charge in [-0.15, -0.1) is 0 Å². The van der Waals surface area contributed by atoms with E-state index in [1.807, 2.05) is 0 Å². The van der Waals surface area contributed by atoms with Gasteiger partial charge in [-0.2, -0.15) is 0 Å². The van der Waals surface area contributed by atoms with Gasteiger partial charge in [-0.1, -0.05) is 0 Å². The summed E-state index contributed by atoms with van der Waals surface area (Å²) in [5, 5.41) is 22.9. The molecule has 90 valence electrons. The fourth-order valence-electron chi connectivity index (χ4n) is 2.10. The standard InChI is InChI=1S/C11H12N2O4/c14-11(15)9-6-7(13(16)17)3-4-8(9)10-2-1-5-12-10/h3-4,6,10,12H,1-2,5H2,(H,14,15). The number of non-ortho nitro benzene ring substituents is 1. The number of hydrogen-bond acceptors (Lipinski definition) is 4. The van der Waals surface area contributed by atoms with Crippen molar-refractivity contribution >= 4 is 11.7 Å². The van der Waals surface area contributed by atoms with Crippen molar-refractivity contribution in [2.75, 3.05) is 6.54 Å². The minimum absolute atomic E-state index is 0.0121. The summed E-state index contributed by atoms with van der Waals surface area (Å²) in [5.41, 5.74) is 0.448. The molecule has 0 spiro atoms. The van der Waals surface area contributed by atoms with Crippen LogP contribution in [0.4, 0.5) is 5.69 Å². The van der Waals surface area contributed by atoms with Gasteiger partial charge in [0.25, 0.3) is 5.69 Å². The monoisotopic (exact) mass is 236 g/mol. The molecule has 2 N–H and O–H groups in total. The van der Waals surface area contributed by atoms with E-state index in [1.54, 1.807) is 0 Å². The van der Waals surface area contributed by atoms with E-state index in [4.69, 9.17) is 5.11 Å². The van der Waals surface area contributed by atoms with E-state index < -0.39 is 10.9 Å². The summed E-state index contributed by atoms with van der Waals surface area (Å²) in [6.45, 7) is 0.848. The fraction of sp³-hybridized carbons (Fsp3) is 0.364. The Morgan fingerprint density at radius 1 is 1.53 bits per heavy atom. The molecule has 0 bridgehead atoms. The lowest BCUT2D eigenvalue weighted by molar-refractivity contribution is -0.384. The molecule has 1 aromatic carbocycles. The van der Waals surface area contributed by atoms with Crippen molar-refractivity contribution in [1.82, 2.24) is 5.32 Å². The molecule has 1 saturated heterocycles. The summed E-state index contributed by atoms with van der Waals surface area (Å²) in [4.78, 5) is 21.1. The van der Waals surface area contributed by atoms with Crippen LogP contribution in [0.1, 0.15) is 34.8 Å². The van der Waals surface area contributed by atoms with Crippen LogP contribution in [0.25, 0.3) is 0 Å². The predicted molar refractivity (Wildman–Crippen MR) is 60.0 cm³/mol. The molecule has 0 aliphatic carbocycles. The average molecular weight is 236 g/mol. The number of aromatic carboxylic acids is 1. The summed E-state index contributed by atoms with van der Waals surface area (Å²) in [6.07, 6.45) is 1.85. The smallest absolute Gasteiger partial charge is 0.336 e. The SMILES string of the molecule is O=C(O)c1cc([N+](=O)[O-])ccc1C1CCCN1. The first kappa shape index (κ1) is 11.5. The van der Waals surface area contributed by atoms with E-state index in [-0.39, 0.29) is 17.3 Å². The number of nitro groups is 1. The van der Waals surface area contributed by atoms with Crippen LogP contribution in [0, 0.1) is 10.1 Å². The van der Waals surface area contributed by atoms with Gasteiger partial charge in [-0.25, -0.2) is 4.79 Å². The highest BCUT2D eigenvalue weighted by molar-refractivity contribution is 5.90. The van der Waals surface area contributed by atoms with E-state index in [0.29, 0.717) is 5.56 Å². The molecule has 0 radical (unpaired) electrons. The zero-order valence-electron chi connectivity index (χ0n) is 9.05. The maximum absolute atomic E-state index is 11.1. The Bertz CT molecular complexity index is 467. The highest BCUT2D eigenvalue weighted by atomic mass is 16.6. The number of hydrogen-bond donors (Lipinski definition) is 2. The summed E-state index contributed by atoms with van der Waals surface area (Å²) >= 11 is 0. The molecule has 6 heteroatoms. The van der Waals surface area contributed by atoms with Crippen molar-refractivity contribution < 1.29 is 14.8 Å². The number of benzene rings is 1. The summed E-state index contributed by atoms with van der Waals surface area (Å²) < 4.78 is 0. The van der Waals surface area contributed by atoms with Gasteiger partial charge in [0.1, 0.15) is 0 Å². The van der Waals surface area contributed by atoms with Crippen molar-refractivity contribution in [1.29, 1.82) is 0 Å².